The van der Waals surface area contributed by atoms with Crippen LogP contribution in [0.5, 0.6) is 11.5 Å². The lowest BCUT2D eigenvalue weighted by molar-refractivity contribution is 0.480. The first kappa shape index (κ1) is 21.9. The lowest BCUT2D eigenvalue weighted by Gasteiger charge is -1.99. The summed E-state index contributed by atoms with van der Waals surface area (Å²) in [6, 6.07) is 18.4. The molecule has 0 spiro atoms. The minimum absolute atomic E-state index is 0.239. The Labute approximate surface area is 161 Å². The molecule has 0 fully saturated rings. The number of phenols is 2. The Morgan fingerprint density at radius 1 is 0.630 bits per heavy atom. The summed E-state index contributed by atoms with van der Waals surface area (Å²) in [6.07, 6.45) is 1.67. The van der Waals surface area contributed by atoms with E-state index in [9.17, 15) is 10.2 Å². The molecule has 2 N–H and O–H groups in total. The van der Waals surface area contributed by atoms with Gasteiger partial charge in [0.25, 0.3) is 0 Å². The van der Waals surface area contributed by atoms with Gasteiger partial charge in [0.15, 0.2) is 0 Å². The molecule has 0 atom stereocenters. The van der Waals surface area contributed by atoms with Crippen LogP contribution < -0.4 is 0 Å². The van der Waals surface area contributed by atoms with Gasteiger partial charge in [-0.15, -0.1) is 0 Å². The predicted molar refractivity (Wildman–Crippen MR) is 114 cm³/mol. The SMILES string of the molecule is CC.CC.Cc1ccc2cccc(O)c2n1.Oc1cccc2cccnc12. The molecule has 0 radical (unpaired) electrons. The minimum Gasteiger partial charge on any atom is -0.506 e. The predicted octanol–water partition coefficient (Wildman–Crippen LogP) is 6.24. The number of benzene rings is 2. The van der Waals surface area contributed by atoms with Gasteiger partial charge in [0.2, 0.25) is 0 Å². The first-order valence-electron chi connectivity index (χ1n) is 9.23. The number of aromatic hydroxyl groups is 2. The average molecular weight is 364 g/mol. The van der Waals surface area contributed by atoms with Gasteiger partial charge in [-0.3, -0.25) is 4.98 Å². The Kier molecular flexibility index (Phi) is 9.30. The molecule has 2 aromatic heterocycles. The van der Waals surface area contributed by atoms with Crippen LogP contribution in [0.3, 0.4) is 0 Å². The molecule has 27 heavy (non-hydrogen) atoms. The number of nitrogens with zero attached hydrogens (tertiary/aromatic N) is 2. The fourth-order valence-corrected chi connectivity index (χ4v) is 2.32. The maximum Gasteiger partial charge on any atom is 0.141 e. The lowest BCUT2D eigenvalue weighted by atomic mass is 10.2. The van der Waals surface area contributed by atoms with Gasteiger partial charge < -0.3 is 10.2 Å². The van der Waals surface area contributed by atoms with Crippen molar-refractivity contribution in [1.82, 2.24) is 9.97 Å². The van der Waals surface area contributed by atoms with Crippen LogP contribution in [0.4, 0.5) is 0 Å². The highest BCUT2D eigenvalue weighted by atomic mass is 16.3. The van der Waals surface area contributed by atoms with Crippen LogP contribution in [-0.2, 0) is 0 Å². The summed E-state index contributed by atoms with van der Waals surface area (Å²) >= 11 is 0. The molecule has 4 nitrogen and oxygen atoms in total. The fourth-order valence-electron chi connectivity index (χ4n) is 2.32. The van der Waals surface area contributed by atoms with E-state index in [-0.39, 0.29) is 11.5 Å². The number of pyridine rings is 2. The average Bonchev–Trinajstić information content (AvgIpc) is 2.73. The molecule has 2 heterocycles. The second kappa shape index (κ2) is 11.5. The largest absolute Gasteiger partial charge is 0.506 e. The van der Waals surface area contributed by atoms with Gasteiger partial charge >= 0.3 is 0 Å². The molecule has 0 saturated heterocycles. The molecule has 2 aromatic carbocycles. The molecular formula is C23H28N2O2. The van der Waals surface area contributed by atoms with Gasteiger partial charge in [-0.2, -0.15) is 0 Å². The molecule has 0 bridgehead atoms. The maximum absolute atomic E-state index is 9.43. The third-order valence-corrected chi connectivity index (χ3v) is 3.45. The minimum atomic E-state index is 0.239. The molecular weight excluding hydrogens is 336 g/mol. The van der Waals surface area contributed by atoms with Gasteiger partial charge in [-0.1, -0.05) is 64.1 Å². The molecule has 4 rings (SSSR count). The molecule has 0 saturated carbocycles. The second-order valence-electron chi connectivity index (χ2n) is 5.15. The van der Waals surface area contributed by atoms with Crippen molar-refractivity contribution >= 4 is 21.8 Å². The zero-order chi connectivity index (χ0) is 20.2. The summed E-state index contributed by atoms with van der Waals surface area (Å²) in [6.45, 7) is 9.91. The van der Waals surface area contributed by atoms with Gasteiger partial charge in [-0.05, 0) is 31.2 Å². The zero-order valence-electron chi connectivity index (χ0n) is 16.6. The van der Waals surface area contributed by atoms with E-state index in [2.05, 4.69) is 9.97 Å². The lowest BCUT2D eigenvalue weighted by Crippen LogP contribution is -1.82. The van der Waals surface area contributed by atoms with Crippen LogP contribution in [0.2, 0.25) is 0 Å². The second-order valence-corrected chi connectivity index (χ2v) is 5.15. The van der Waals surface area contributed by atoms with Crippen molar-refractivity contribution in [3.05, 3.63) is 72.6 Å². The quantitative estimate of drug-likeness (QED) is 0.387. The van der Waals surface area contributed by atoms with E-state index in [0.717, 1.165) is 16.5 Å². The maximum atomic E-state index is 9.43. The van der Waals surface area contributed by atoms with Gasteiger partial charge in [0, 0.05) is 22.7 Å². The molecule has 142 valence electrons. The summed E-state index contributed by atoms with van der Waals surface area (Å²) in [5, 5.41) is 20.7. The standard InChI is InChI=1S/C10H9NO.C9H7NO.2C2H6/c1-7-5-6-8-3-2-4-9(12)10(8)11-7;11-8-5-1-3-7-4-2-6-10-9(7)8;2*1-2/h2-6,12H,1H3;1-6,11H;2*1-2H3. The number of aromatic nitrogens is 2. The van der Waals surface area contributed by atoms with Crippen molar-refractivity contribution in [2.45, 2.75) is 34.6 Å². The van der Waals surface area contributed by atoms with E-state index in [1.807, 2.05) is 77.1 Å². The zero-order valence-corrected chi connectivity index (χ0v) is 16.6. The molecule has 0 aliphatic heterocycles. The number of para-hydroxylation sites is 2. The van der Waals surface area contributed by atoms with Crippen molar-refractivity contribution in [2.24, 2.45) is 0 Å². The third-order valence-electron chi connectivity index (χ3n) is 3.45. The number of fused-ring (bicyclic) bond motifs is 2. The van der Waals surface area contributed by atoms with E-state index < -0.39 is 0 Å². The topological polar surface area (TPSA) is 66.2 Å². The number of hydrogen-bond acceptors (Lipinski definition) is 4. The Hall–Kier alpha value is -3.14. The van der Waals surface area contributed by atoms with E-state index >= 15 is 0 Å². The highest BCUT2D eigenvalue weighted by molar-refractivity contribution is 5.84. The smallest absolute Gasteiger partial charge is 0.141 e. The molecule has 0 aliphatic carbocycles. The summed E-state index contributed by atoms with van der Waals surface area (Å²) in [7, 11) is 0. The highest BCUT2D eigenvalue weighted by Gasteiger charge is 1.99. The fraction of sp³-hybridized carbons (Fsp3) is 0.217. The Morgan fingerprint density at radius 2 is 1.15 bits per heavy atom. The number of rotatable bonds is 0. The van der Waals surface area contributed by atoms with E-state index in [0.29, 0.717) is 11.0 Å². The van der Waals surface area contributed by atoms with Crippen molar-refractivity contribution in [3.8, 4) is 11.5 Å². The summed E-state index contributed by atoms with van der Waals surface area (Å²) < 4.78 is 0. The van der Waals surface area contributed by atoms with Gasteiger partial charge in [0.05, 0.1) is 0 Å². The van der Waals surface area contributed by atoms with Crippen LogP contribution in [0.15, 0.2) is 66.9 Å². The summed E-state index contributed by atoms with van der Waals surface area (Å²) in [4.78, 5) is 8.26. The number of hydrogen-bond donors (Lipinski definition) is 2. The Bertz CT molecular complexity index is 963. The molecule has 0 aliphatic rings. The summed E-state index contributed by atoms with van der Waals surface area (Å²) in [5.41, 5.74) is 2.26. The Balaban J connectivity index is 0.000000229. The normalized spacial score (nSPS) is 9.22. The molecule has 4 heteroatoms. The highest BCUT2D eigenvalue weighted by Crippen LogP contribution is 2.22. The molecule has 0 amide bonds. The van der Waals surface area contributed by atoms with E-state index in [4.69, 9.17) is 0 Å². The molecule has 0 unspecified atom stereocenters. The van der Waals surface area contributed by atoms with Crippen LogP contribution in [0, 0.1) is 6.92 Å². The van der Waals surface area contributed by atoms with Crippen molar-refractivity contribution in [2.75, 3.05) is 0 Å². The van der Waals surface area contributed by atoms with E-state index in [1.165, 1.54) is 0 Å². The van der Waals surface area contributed by atoms with Crippen LogP contribution in [-0.4, -0.2) is 20.2 Å². The van der Waals surface area contributed by atoms with Crippen LogP contribution >= 0.6 is 0 Å². The van der Waals surface area contributed by atoms with Crippen molar-refractivity contribution in [3.63, 3.8) is 0 Å². The monoisotopic (exact) mass is 364 g/mol. The summed E-state index contributed by atoms with van der Waals surface area (Å²) in [5.74, 6) is 0.485. The number of aryl methyl sites for hydroxylation is 1. The van der Waals surface area contributed by atoms with Crippen LogP contribution in [0.1, 0.15) is 33.4 Å². The Morgan fingerprint density at radius 3 is 1.74 bits per heavy atom. The van der Waals surface area contributed by atoms with Crippen LogP contribution in [0.25, 0.3) is 21.8 Å². The van der Waals surface area contributed by atoms with E-state index in [1.54, 1.807) is 24.4 Å². The van der Waals surface area contributed by atoms with Crippen molar-refractivity contribution < 1.29 is 10.2 Å². The molecule has 4 aromatic rings. The first-order chi connectivity index (χ1) is 13.1. The van der Waals surface area contributed by atoms with Crippen molar-refractivity contribution in [1.29, 1.82) is 0 Å². The van der Waals surface area contributed by atoms with Gasteiger partial charge in [-0.25, -0.2) is 4.98 Å². The first-order valence-corrected chi connectivity index (χ1v) is 9.23. The number of phenolic OH excluding ortho intramolecular Hbond substituents is 2. The van der Waals surface area contributed by atoms with Gasteiger partial charge in [0.1, 0.15) is 22.5 Å². The third kappa shape index (κ3) is 5.96.